The van der Waals surface area contributed by atoms with Crippen LogP contribution in [0.15, 0.2) is 34.7 Å². The molecule has 2 nitrogen and oxygen atoms in total. The van der Waals surface area contributed by atoms with Crippen molar-refractivity contribution in [3.8, 4) is 11.3 Å². The second-order valence-electron chi connectivity index (χ2n) is 5.03. The predicted molar refractivity (Wildman–Crippen MR) is 76.1 cm³/mol. The number of benzene rings is 1. The Labute approximate surface area is 125 Å². The summed E-state index contributed by atoms with van der Waals surface area (Å²) in [4.78, 5) is 0. The molecule has 0 fully saturated rings. The Balaban J connectivity index is 2.28. The van der Waals surface area contributed by atoms with Gasteiger partial charge in [0, 0.05) is 16.6 Å². The highest BCUT2D eigenvalue weighted by Crippen LogP contribution is 2.35. The highest BCUT2D eigenvalue weighted by molar-refractivity contribution is 6.30. The summed E-state index contributed by atoms with van der Waals surface area (Å²) in [7, 11) is 0. The summed E-state index contributed by atoms with van der Waals surface area (Å²) in [6, 6.07) is 7.05. The van der Waals surface area contributed by atoms with Crippen molar-refractivity contribution in [1.82, 2.24) is 5.32 Å². The van der Waals surface area contributed by atoms with E-state index in [2.05, 4.69) is 5.32 Å². The van der Waals surface area contributed by atoms with E-state index >= 15 is 0 Å². The van der Waals surface area contributed by atoms with Gasteiger partial charge in [0.2, 0.25) is 0 Å². The normalized spacial score (nSPS) is 12.1. The summed E-state index contributed by atoms with van der Waals surface area (Å²) in [5.41, 5.74) is -0.478. The molecule has 0 saturated heterocycles. The molecule has 0 aliphatic carbocycles. The molecule has 0 aliphatic rings. The van der Waals surface area contributed by atoms with Crippen LogP contribution in [-0.2, 0) is 12.7 Å². The van der Waals surface area contributed by atoms with Gasteiger partial charge in [0.05, 0.1) is 12.1 Å². The van der Waals surface area contributed by atoms with E-state index in [9.17, 15) is 13.2 Å². The average Bonchev–Trinajstić information content (AvgIpc) is 2.83. The fourth-order valence-electron chi connectivity index (χ4n) is 1.83. The van der Waals surface area contributed by atoms with E-state index in [1.807, 2.05) is 13.8 Å². The maximum atomic E-state index is 12.8. The Bertz CT molecular complexity index is 620. The Hall–Kier alpha value is -1.46. The highest BCUT2D eigenvalue weighted by Gasteiger charge is 2.31. The topological polar surface area (TPSA) is 25.2 Å². The van der Waals surface area contributed by atoms with Crippen LogP contribution in [0.2, 0.25) is 5.02 Å². The minimum absolute atomic E-state index is 0.0260. The fraction of sp³-hybridized carbons (Fsp3) is 0.333. The Kier molecular flexibility index (Phi) is 4.64. The van der Waals surface area contributed by atoms with Crippen molar-refractivity contribution in [2.75, 3.05) is 0 Å². The number of rotatable bonds is 4. The summed E-state index contributed by atoms with van der Waals surface area (Å²) in [6.45, 7) is 4.51. The molecule has 0 radical (unpaired) electrons. The van der Waals surface area contributed by atoms with E-state index in [0.717, 1.165) is 12.1 Å². The molecule has 1 aromatic carbocycles. The first-order valence-corrected chi connectivity index (χ1v) is 6.84. The van der Waals surface area contributed by atoms with Gasteiger partial charge >= 0.3 is 6.18 Å². The van der Waals surface area contributed by atoms with Gasteiger partial charge in [-0.15, -0.1) is 0 Å². The largest absolute Gasteiger partial charge is 0.460 e. The van der Waals surface area contributed by atoms with Crippen LogP contribution in [0.25, 0.3) is 11.3 Å². The van der Waals surface area contributed by atoms with Crippen LogP contribution in [-0.4, -0.2) is 6.04 Å². The van der Waals surface area contributed by atoms with Crippen LogP contribution < -0.4 is 5.32 Å². The van der Waals surface area contributed by atoms with Gasteiger partial charge in [0.15, 0.2) is 0 Å². The van der Waals surface area contributed by atoms with Crippen LogP contribution in [0.1, 0.15) is 25.2 Å². The van der Waals surface area contributed by atoms with Crippen molar-refractivity contribution in [3.63, 3.8) is 0 Å². The van der Waals surface area contributed by atoms with Crippen LogP contribution in [0.4, 0.5) is 13.2 Å². The molecule has 21 heavy (non-hydrogen) atoms. The lowest BCUT2D eigenvalue weighted by Gasteiger charge is -2.09. The molecule has 0 atom stereocenters. The summed E-state index contributed by atoms with van der Waals surface area (Å²) in [6.07, 6.45) is -4.44. The lowest BCUT2D eigenvalue weighted by atomic mass is 10.1. The van der Waals surface area contributed by atoms with Crippen LogP contribution in [0, 0.1) is 0 Å². The fourth-order valence-corrected chi connectivity index (χ4v) is 2.06. The summed E-state index contributed by atoms with van der Waals surface area (Å²) in [5, 5.41) is 3.20. The zero-order chi connectivity index (χ0) is 15.6. The van der Waals surface area contributed by atoms with Crippen molar-refractivity contribution in [3.05, 3.63) is 46.7 Å². The molecule has 0 spiro atoms. The van der Waals surface area contributed by atoms with Crippen molar-refractivity contribution in [2.45, 2.75) is 32.6 Å². The minimum atomic E-state index is -4.44. The quantitative estimate of drug-likeness (QED) is 0.847. The van der Waals surface area contributed by atoms with Crippen molar-refractivity contribution < 1.29 is 17.6 Å². The zero-order valence-corrected chi connectivity index (χ0v) is 12.3. The van der Waals surface area contributed by atoms with Gasteiger partial charge in [-0.05, 0) is 30.3 Å². The zero-order valence-electron chi connectivity index (χ0n) is 11.6. The number of furan rings is 1. The van der Waals surface area contributed by atoms with Crippen molar-refractivity contribution in [2.24, 2.45) is 0 Å². The minimum Gasteiger partial charge on any atom is -0.460 e. The Morgan fingerprint density at radius 3 is 2.52 bits per heavy atom. The van der Waals surface area contributed by atoms with Crippen LogP contribution >= 0.6 is 11.6 Å². The molecule has 1 aromatic heterocycles. The van der Waals surface area contributed by atoms with Crippen molar-refractivity contribution >= 4 is 11.6 Å². The van der Waals surface area contributed by atoms with Crippen molar-refractivity contribution in [1.29, 1.82) is 0 Å². The third-order valence-corrected chi connectivity index (χ3v) is 3.07. The lowest BCUT2D eigenvalue weighted by Crippen LogP contribution is -2.21. The van der Waals surface area contributed by atoms with E-state index in [1.165, 1.54) is 6.07 Å². The summed E-state index contributed by atoms with van der Waals surface area (Å²) in [5.74, 6) is 1.02. The Morgan fingerprint density at radius 2 is 1.90 bits per heavy atom. The first-order chi connectivity index (χ1) is 9.75. The Morgan fingerprint density at radius 1 is 1.19 bits per heavy atom. The molecule has 114 valence electrons. The number of halogens is 4. The van der Waals surface area contributed by atoms with E-state index < -0.39 is 11.7 Å². The van der Waals surface area contributed by atoms with Gasteiger partial charge in [-0.25, -0.2) is 0 Å². The van der Waals surface area contributed by atoms with Gasteiger partial charge in [-0.2, -0.15) is 13.2 Å². The van der Waals surface area contributed by atoms with Gasteiger partial charge in [0.1, 0.15) is 11.5 Å². The maximum Gasteiger partial charge on any atom is 0.416 e. The number of nitrogens with one attached hydrogen (secondary N) is 1. The van der Waals surface area contributed by atoms with E-state index in [1.54, 1.807) is 12.1 Å². The number of hydrogen-bond donors (Lipinski definition) is 1. The SMILES string of the molecule is CC(C)NCc1ccc(-c2cc(Cl)cc(C(F)(F)F)c2)o1. The predicted octanol–water partition coefficient (Wildman–Crippen LogP) is 5.12. The molecular formula is C15H15ClF3NO. The first-order valence-electron chi connectivity index (χ1n) is 6.46. The molecule has 0 amide bonds. The summed E-state index contributed by atoms with van der Waals surface area (Å²) < 4.78 is 43.9. The highest BCUT2D eigenvalue weighted by atomic mass is 35.5. The molecule has 0 aliphatic heterocycles. The van der Waals surface area contributed by atoms with E-state index in [0.29, 0.717) is 29.7 Å². The number of alkyl halides is 3. The van der Waals surface area contributed by atoms with Crippen LogP contribution in [0.5, 0.6) is 0 Å². The number of hydrogen-bond acceptors (Lipinski definition) is 2. The molecule has 1 heterocycles. The van der Waals surface area contributed by atoms with Gasteiger partial charge in [0.25, 0.3) is 0 Å². The van der Waals surface area contributed by atoms with E-state index in [4.69, 9.17) is 16.0 Å². The lowest BCUT2D eigenvalue weighted by molar-refractivity contribution is -0.137. The molecule has 2 aromatic rings. The molecule has 6 heteroatoms. The molecule has 0 saturated carbocycles. The molecular weight excluding hydrogens is 303 g/mol. The summed E-state index contributed by atoms with van der Waals surface area (Å²) >= 11 is 5.76. The molecule has 2 rings (SSSR count). The smallest absolute Gasteiger partial charge is 0.416 e. The molecule has 1 N–H and O–H groups in total. The third-order valence-electron chi connectivity index (χ3n) is 2.86. The average molecular weight is 318 g/mol. The van der Waals surface area contributed by atoms with Gasteiger partial charge in [-0.3, -0.25) is 0 Å². The van der Waals surface area contributed by atoms with Gasteiger partial charge in [-0.1, -0.05) is 25.4 Å². The standard InChI is InChI=1S/C15H15ClF3NO/c1-9(2)20-8-13-3-4-14(21-13)10-5-11(15(17,18)19)7-12(16)6-10/h3-7,9,20H,8H2,1-2H3. The monoisotopic (exact) mass is 317 g/mol. The van der Waals surface area contributed by atoms with Crippen LogP contribution in [0.3, 0.4) is 0 Å². The third kappa shape index (κ3) is 4.25. The second kappa shape index (κ2) is 6.12. The van der Waals surface area contributed by atoms with Gasteiger partial charge < -0.3 is 9.73 Å². The molecule has 0 unspecified atom stereocenters. The first kappa shape index (κ1) is 15.9. The van der Waals surface area contributed by atoms with E-state index in [-0.39, 0.29) is 5.02 Å². The maximum absolute atomic E-state index is 12.8. The molecule has 0 bridgehead atoms. The second-order valence-corrected chi connectivity index (χ2v) is 5.46.